The topological polar surface area (TPSA) is 75.2 Å². The highest BCUT2D eigenvalue weighted by atomic mass is 19.1. The smallest absolute Gasteiger partial charge is 0.319 e. The molecule has 9 heteroatoms. The molecule has 2 aromatic carbocycles. The van der Waals surface area contributed by atoms with E-state index in [4.69, 9.17) is 26.1 Å². The Balaban J connectivity index is 0.00000190. The first-order valence-electron chi connectivity index (χ1n) is 17.3. The number of nitrogens with one attached hydrogen (secondary N) is 2. The third-order valence-corrected chi connectivity index (χ3v) is 10.2. The molecule has 0 aliphatic carbocycles. The summed E-state index contributed by atoms with van der Waals surface area (Å²) in [6.07, 6.45) is 12.7. The first kappa shape index (κ1) is 33.0. The number of fused-ring (bicyclic) bond motifs is 2. The number of pyridine rings is 1. The maximum atomic E-state index is 17.0. The zero-order valence-electron chi connectivity index (χ0n) is 28.1. The summed E-state index contributed by atoms with van der Waals surface area (Å²) < 4.78 is 38.3. The Hall–Kier alpha value is -3.87. The first-order chi connectivity index (χ1) is 22.9. The molecule has 7 nitrogen and oxygen atoms in total. The number of ether oxygens (including phenoxy) is 1. The molecule has 3 aliphatic heterocycles. The minimum atomic E-state index is -0.599. The van der Waals surface area contributed by atoms with Gasteiger partial charge in [-0.25, -0.2) is 13.8 Å². The fourth-order valence-corrected chi connectivity index (χ4v) is 7.61. The van der Waals surface area contributed by atoms with E-state index in [9.17, 15) is 4.39 Å². The molecule has 7 rings (SSSR count). The number of anilines is 1. The quantitative estimate of drug-likeness (QED) is 0.219. The highest BCUT2D eigenvalue weighted by molar-refractivity contribution is 6.02. The maximum Gasteiger partial charge on any atom is 0.319 e. The second-order valence-corrected chi connectivity index (χ2v) is 13.0. The normalized spacial score (nSPS) is 20.9. The third kappa shape index (κ3) is 6.26. The average Bonchev–Trinajstić information content (AvgIpc) is 3.68. The lowest BCUT2D eigenvalue weighted by molar-refractivity contribution is 0.108. The van der Waals surface area contributed by atoms with E-state index >= 15 is 4.39 Å². The van der Waals surface area contributed by atoms with Crippen LogP contribution in [0.25, 0.3) is 32.9 Å². The molecule has 2 atom stereocenters. The fourth-order valence-electron chi connectivity index (χ4n) is 7.61. The molecule has 2 unspecified atom stereocenters. The summed E-state index contributed by atoms with van der Waals surface area (Å²) in [5.74, 6) is 2.30. The van der Waals surface area contributed by atoms with Gasteiger partial charge in [-0.15, -0.1) is 6.42 Å². The van der Waals surface area contributed by atoms with Crippen LogP contribution in [0.15, 0.2) is 30.3 Å². The number of aryl methyl sites for hydroxylation is 1. The summed E-state index contributed by atoms with van der Waals surface area (Å²) in [4.78, 5) is 17.1. The van der Waals surface area contributed by atoms with Gasteiger partial charge in [-0.05, 0) is 82.5 Å². The molecule has 47 heavy (non-hydrogen) atoms. The predicted octanol–water partition coefficient (Wildman–Crippen LogP) is 7.50. The molecule has 0 bridgehead atoms. The van der Waals surface area contributed by atoms with E-state index in [1.165, 1.54) is 6.07 Å². The molecular formula is C38H46F2N6O. The van der Waals surface area contributed by atoms with Gasteiger partial charge >= 0.3 is 6.01 Å². The van der Waals surface area contributed by atoms with Gasteiger partial charge in [-0.1, -0.05) is 57.4 Å². The molecule has 2 saturated heterocycles. The number of hydrogen-bond donors (Lipinski definition) is 2. The monoisotopic (exact) mass is 640 g/mol. The van der Waals surface area contributed by atoms with Crippen molar-refractivity contribution in [3.05, 3.63) is 53.2 Å². The summed E-state index contributed by atoms with van der Waals surface area (Å²) in [6.45, 7) is 12.4. The standard InChI is InChI=1S/C36H40F2N6O.C2H6/c1-4-23-11-14-28-30-33(31(38)32(41-28)26-10-6-9-24-12-13-27(37)25(5-2)29(24)26)42-35(43-34(30)40-19-22(3)39-20-23)45-21-36-15-7-17-44(36)18-8-16-36;1-2/h2,6,9-10,12-13,22-23,39H,4,7-8,11,14-21H2,1,3H3,(H,40,42,43);1-2H3. The summed E-state index contributed by atoms with van der Waals surface area (Å²) in [5.41, 5.74) is 1.48. The molecule has 4 aromatic rings. The highest BCUT2D eigenvalue weighted by Gasteiger charge is 2.45. The average molecular weight is 641 g/mol. The summed E-state index contributed by atoms with van der Waals surface area (Å²) >= 11 is 0. The van der Waals surface area contributed by atoms with Crippen LogP contribution in [0.3, 0.4) is 0 Å². The van der Waals surface area contributed by atoms with Gasteiger partial charge < -0.3 is 15.4 Å². The Kier molecular flexibility index (Phi) is 9.90. The number of terminal acetylenes is 1. The van der Waals surface area contributed by atoms with Crippen LogP contribution < -0.4 is 15.4 Å². The summed E-state index contributed by atoms with van der Waals surface area (Å²) in [6, 6.07) is 8.75. The molecule has 2 aromatic heterocycles. The van der Waals surface area contributed by atoms with E-state index in [0.717, 1.165) is 58.2 Å². The minimum Gasteiger partial charge on any atom is -0.461 e. The van der Waals surface area contributed by atoms with Gasteiger partial charge in [0.05, 0.1) is 22.2 Å². The van der Waals surface area contributed by atoms with Crippen molar-refractivity contribution in [2.24, 2.45) is 5.92 Å². The fraction of sp³-hybridized carbons (Fsp3) is 0.500. The number of rotatable bonds is 5. The number of nitrogens with zero attached hydrogens (tertiary/aromatic N) is 4. The van der Waals surface area contributed by atoms with Gasteiger partial charge in [-0.2, -0.15) is 9.97 Å². The molecule has 5 heterocycles. The van der Waals surface area contributed by atoms with Crippen LogP contribution in [0.4, 0.5) is 14.6 Å². The van der Waals surface area contributed by atoms with Crippen LogP contribution in [0.5, 0.6) is 6.01 Å². The van der Waals surface area contributed by atoms with E-state index in [2.05, 4.69) is 35.3 Å². The van der Waals surface area contributed by atoms with Crippen molar-refractivity contribution in [2.45, 2.75) is 84.2 Å². The van der Waals surface area contributed by atoms with Gasteiger partial charge in [-0.3, -0.25) is 4.90 Å². The van der Waals surface area contributed by atoms with Crippen LogP contribution in [-0.4, -0.2) is 64.2 Å². The summed E-state index contributed by atoms with van der Waals surface area (Å²) in [7, 11) is 0. The number of halogens is 2. The zero-order chi connectivity index (χ0) is 33.1. The largest absolute Gasteiger partial charge is 0.461 e. The van der Waals surface area contributed by atoms with E-state index < -0.39 is 11.6 Å². The Morgan fingerprint density at radius 1 is 1.04 bits per heavy atom. The molecule has 0 spiro atoms. The lowest BCUT2D eigenvalue weighted by atomic mass is 9.94. The number of hydrogen-bond acceptors (Lipinski definition) is 7. The molecule has 248 valence electrons. The molecular weight excluding hydrogens is 594 g/mol. The number of benzene rings is 2. The van der Waals surface area contributed by atoms with Crippen molar-refractivity contribution in [1.29, 1.82) is 0 Å². The van der Waals surface area contributed by atoms with Crippen molar-refractivity contribution >= 4 is 27.5 Å². The van der Waals surface area contributed by atoms with E-state index in [0.29, 0.717) is 58.7 Å². The minimum absolute atomic E-state index is 0.00990. The Labute approximate surface area is 276 Å². The van der Waals surface area contributed by atoms with Crippen molar-refractivity contribution in [1.82, 2.24) is 25.2 Å². The second-order valence-electron chi connectivity index (χ2n) is 13.0. The molecule has 2 fully saturated rings. The summed E-state index contributed by atoms with van der Waals surface area (Å²) in [5, 5.41) is 8.86. The lowest BCUT2D eigenvalue weighted by Gasteiger charge is -2.31. The van der Waals surface area contributed by atoms with Crippen LogP contribution in [0.1, 0.15) is 77.5 Å². The van der Waals surface area contributed by atoms with Crippen molar-refractivity contribution < 1.29 is 13.5 Å². The Bertz CT molecular complexity index is 1790. The van der Waals surface area contributed by atoms with Gasteiger partial charge in [0.15, 0.2) is 5.82 Å². The van der Waals surface area contributed by atoms with Gasteiger partial charge in [0, 0.05) is 23.5 Å². The predicted molar refractivity (Wildman–Crippen MR) is 186 cm³/mol. The Morgan fingerprint density at radius 3 is 2.57 bits per heavy atom. The molecule has 0 saturated carbocycles. The van der Waals surface area contributed by atoms with E-state index in [1.807, 2.05) is 26.0 Å². The SMILES string of the molecule is C#Cc1c(F)ccc2cccc(-c3nc4c5c(nc(OCC67CCCN6CCC7)nc5c3F)NCC(C)NCC(CC)CC4)c12.CC. The Morgan fingerprint density at radius 2 is 1.83 bits per heavy atom. The molecule has 0 amide bonds. The van der Waals surface area contributed by atoms with Gasteiger partial charge in [0.2, 0.25) is 0 Å². The highest BCUT2D eigenvalue weighted by Crippen LogP contribution is 2.41. The van der Waals surface area contributed by atoms with Gasteiger partial charge in [0.25, 0.3) is 0 Å². The van der Waals surface area contributed by atoms with Crippen LogP contribution in [-0.2, 0) is 6.42 Å². The van der Waals surface area contributed by atoms with Crippen molar-refractivity contribution in [3.8, 4) is 29.6 Å². The van der Waals surface area contributed by atoms with Crippen LogP contribution in [0, 0.1) is 29.9 Å². The molecule has 0 radical (unpaired) electrons. The molecule has 3 aliphatic rings. The second kappa shape index (κ2) is 14.1. The van der Waals surface area contributed by atoms with E-state index in [1.54, 1.807) is 12.1 Å². The van der Waals surface area contributed by atoms with Crippen LogP contribution >= 0.6 is 0 Å². The maximum absolute atomic E-state index is 17.0. The number of aromatic nitrogens is 3. The third-order valence-electron chi connectivity index (χ3n) is 10.2. The van der Waals surface area contributed by atoms with Crippen LogP contribution in [0.2, 0.25) is 0 Å². The lowest BCUT2D eigenvalue weighted by Crippen LogP contribution is -2.43. The zero-order valence-corrected chi connectivity index (χ0v) is 28.1. The van der Waals surface area contributed by atoms with Crippen molar-refractivity contribution in [3.63, 3.8) is 0 Å². The van der Waals surface area contributed by atoms with Gasteiger partial charge in [0.1, 0.15) is 29.5 Å². The van der Waals surface area contributed by atoms with E-state index in [-0.39, 0.29) is 34.4 Å². The molecule has 2 N–H and O–H groups in total. The van der Waals surface area contributed by atoms with Crippen molar-refractivity contribution in [2.75, 3.05) is 38.1 Å². The first-order valence-corrected chi connectivity index (χ1v) is 17.3.